The van der Waals surface area contributed by atoms with Crippen molar-refractivity contribution in [2.24, 2.45) is 17.3 Å². The zero-order chi connectivity index (χ0) is 16.5. The van der Waals surface area contributed by atoms with Crippen molar-refractivity contribution < 1.29 is 19.4 Å². The van der Waals surface area contributed by atoms with Gasteiger partial charge in [0.1, 0.15) is 0 Å². The van der Waals surface area contributed by atoms with Crippen molar-refractivity contribution in [2.45, 2.75) is 65.0 Å². The van der Waals surface area contributed by atoms with Crippen LogP contribution in [0.2, 0.25) is 0 Å². The molecule has 1 saturated carbocycles. The Morgan fingerprint density at radius 3 is 2.50 bits per heavy atom. The molecule has 4 atom stereocenters. The van der Waals surface area contributed by atoms with Crippen molar-refractivity contribution in [1.82, 2.24) is 4.90 Å². The predicted octanol–water partition coefficient (Wildman–Crippen LogP) is 2.54. The van der Waals surface area contributed by atoms with Crippen molar-refractivity contribution in [3.63, 3.8) is 0 Å². The Balaban J connectivity index is 2.10. The van der Waals surface area contributed by atoms with E-state index in [0.717, 1.165) is 19.3 Å². The van der Waals surface area contributed by atoms with Crippen LogP contribution in [0.15, 0.2) is 0 Å². The highest BCUT2D eigenvalue weighted by Gasteiger charge is 2.42. The standard InChI is InChI=1S/C17H29NO4/c1-11-5-12(9-17(2,3)8-11)16(21)18-10-14(22-4)6-13(18)7-15(19)20/h11-14H,5-10H2,1-4H3,(H,19,20). The van der Waals surface area contributed by atoms with Gasteiger partial charge in [0.05, 0.1) is 12.5 Å². The fourth-order valence-electron chi connectivity index (χ4n) is 4.48. The normalized spacial score (nSPS) is 34.6. The number of methoxy groups -OCH3 is 1. The van der Waals surface area contributed by atoms with E-state index in [-0.39, 0.29) is 35.8 Å². The Labute approximate surface area is 133 Å². The van der Waals surface area contributed by atoms with E-state index in [9.17, 15) is 9.59 Å². The van der Waals surface area contributed by atoms with Gasteiger partial charge in [-0.2, -0.15) is 0 Å². The third-order valence-electron chi connectivity index (χ3n) is 5.14. The van der Waals surface area contributed by atoms with Crippen molar-refractivity contribution in [3.8, 4) is 0 Å². The molecule has 1 N–H and O–H groups in total. The molecule has 0 aromatic heterocycles. The number of ether oxygens (including phenoxy) is 1. The highest BCUT2D eigenvalue weighted by Crippen LogP contribution is 2.43. The van der Waals surface area contributed by atoms with Gasteiger partial charge in [-0.15, -0.1) is 0 Å². The number of rotatable bonds is 4. The van der Waals surface area contributed by atoms with Gasteiger partial charge in [-0.3, -0.25) is 9.59 Å². The Morgan fingerprint density at radius 2 is 1.95 bits per heavy atom. The highest BCUT2D eigenvalue weighted by atomic mass is 16.5. The molecule has 0 aromatic rings. The van der Waals surface area contributed by atoms with E-state index >= 15 is 0 Å². The highest BCUT2D eigenvalue weighted by molar-refractivity contribution is 5.80. The van der Waals surface area contributed by atoms with Gasteiger partial charge in [0.2, 0.25) is 5.91 Å². The average Bonchev–Trinajstić information content (AvgIpc) is 2.77. The summed E-state index contributed by atoms with van der Waals surface area (Å²) in [7, 11) is 1.63. The maximum absolute atomic E-state index is 13.0. The summed E-state index contributed by atoms with van der Waals surface area (Å²) in [6.07, 6.45) is 3.55. The number of amides is 1. The summed E-state index contributed by atoms with van der Waals surface area (Å²) in [5.74, 6) is -0.163. The minimum Gasteiger partial charge on any atom is -0.481 e. The van der Waals surface area contributed by atoms with Crippen LogP contribution >= 0.6 is 0 Å². The number of aliphatic carboxylic acids is 1. The number of carbonyl (C=O) groups is 2. The lowest BCUT2D eigenvalue weighted by molar-refractivity contribution is -0.143. The molecule has 5 nitrogen and oxygen atoms in total. The van der Waals surface area contributed by atoms with Crippen molar-refractivity contribution in [1.29, 1.82) is 0 Å². The molecule has 2 aliphatic rings. The molecule has 126 valence electrons. The smallest absolute Gasteiger partial charge is 0.305 e. The number of carbonyl (C=O) groups excluding carboxylic acids is 1. The number of hydrogen-bond acceptors (Lipinski definition) is 3. The molecule has 0 bridgehead atoms. The van der Waals surface area contributed by atoms with E-state index in [0.29, 0.717) is 18.9 Å². The molecule has 1 saturated heterocycles. The number of nitrogens with zero attached hydrogens (tertiary/aromatic N) is 1. The molecule has 1 amide bonds. The lowest BCUT2D eigenvalue weighted by atomic mass is 9.67. The Bertz CT molecular complexity index is 434. The molecular weight excluding hydrogens is 282 g/mol. The van der Waals surface area contributed by atoms with Gasteiger partial charge in [-0.25, -0.2) is 0 Å². The minimum atomic E-state index is -0.850. The first kappa shape index (κ1) is 17.3. The van der Waals surface area contributed by atoms with Gasteiger partial charge in [-0.1, -0.05) is 20.8 Å². The van der Waals surface area contributed by atoms with Crippen LogP contribution in [-0.4, -0.2) is 47.7 Å². The van der Waals surface area contributed by atoms with Crippen LogP contribution in [0.25, 0.3) is 0 Å². The first-order valence-corrected chi connectivity index (χ1v) is 8.27. The van der Waals surface area contributed by atoms with Gasteiger partial charge in [0, 0.05) is 25.6 Å². The van der Waals surface area contributed by atoms with Crippen molar-refractivity contribution >= 4 is 11.9 Å². The topological polar surface area (TPSA) is 66.8 Å². The molecule has 1 heterocycles. The van der Waals surface area contributed by atoms with Gasteiger partial charge >= 0.3 is 5.97 Å². The number of hydrogen-bond donors (Lipinski definition) is 1. The lowest BCUT2D eigenvalue weighted by Crippen LogP contribution is -2.44. The molecule has 0 radical (unpaired) electrons. The quantitative estimate of drug-likeness (QED) is 0.866. The Kier molecular flexibility index (Phi) is 5.15. The van der Waals surface area contributed by atoms with Crippen LogP contribution in [0, 0.1) is 17.3 Å². The SMILES string of the molecule is COC1CC(CC(=O)O)N(C(=O)C2CC(C)CC(C)(C)C2)C1. The molecule has 2 rings (SSSR count). The third-order valence-corrected chi connectivity index (χ3v) is 5.14. The van der Waals surface area contributed by atoms with E-state index in [1.54, 1.807) is 12.0 Å². The molecule has 2 fully saturated rings. The zero-order valence-electron chi connectivity index (χ0n) is 14.2. The monoisotopic (exact) mass is 311 g/mol. The van der Waals surface area contributed by atoms with Crippen LogP contribution in [0.5, 0.6) is 0 Å². The number of carboxylic acids is 1. The average molecular weight is 311 g/mol. The molecule has 1 aliphatic carbocycles. The minimum absolute atomic E-state index is 0.0112. The summed E-state index contributed by atoms with van der Waals surface area (Å²) in [5, 5.41) is 9.09. The van der Waals surface area contributed by atoms with Crippen LogP contribution in [-0.2, 0) is 14.3 Å². The van der Waals surface area contributed by atoms with Crippen LogP contribution in [0.3, 0.4) is 0 Å². The fourth-order valence-corrected chi connectivity index (χ4v) is 4.48. The van der Waals surface area contributed by atoms with E-state index in [4.69, 9.17) is 9.84 Å². The fraction of sp³-hybridized carbons (Fsp3) is 0.882. The van der Waals surface area contributed by atoms with Crippen LogP contribution in [0.4, 0.5) is 0 Å². The second-order valence-corrected chi connectivity index (χ2v) is 7.95. The van der Waals surface area contributed by atoms with E-state index in [2.05, 4.69) is 20.8 Å². The largest absolute Gasteiger partial charge is 0.481 e. The molecule has 1 aliphatic heterocycles. The van der Waals surface area contributed by atoms with Crippen LogP contribution in [0.1, 0.15) is 52.9 Å². The maximum atomic E-state index is 13.0. The third kappa shape index (κ3) is 4.00. The second-order valence-electron chi connectivity index (χ2n) is 7.95. The molecular formula is C17H29NO4. The van der Waals surface area contributed by atoms with Crippen LogP contribution < -0.4 is 0 Å². The van der Waals surface area contributed by atoms with Gasteiger partial charge < -0.3 is 14.7 Å². The first-order chi connectivity index (χ1) is 10.2. The Hall–Kier alpha value is -1.10. The van der Waals surface area contributed by atoms with Gasteiger partial charge in [0.15, 0.2) is 0 Å². The number of likely N-dealkylation sites (tertiary alicyclic amines) is 1. The van der Waals surface area contributed by atoms with Crippen molar-refractivity contribution in [3.05, 3.63) is 0 Å². The van der Waals surface area contributed by atoms with E-state index in [1.165, 1.54) is 0 Å². The molecule has 4 unspecified atom stereocenters. The second kappa shape index (κ2) is 6.57. The van der Waals surface area contributed by atoms with Crippen molar-refractivity contribution in [2.75, 3.05) is 13.7 Å². The molecule has 22 heavy (non-hydrogen) atoms. The summed E-state index contributed by atoms with van der Waals surface area (Å²) in [4.78, 5) is 25.8. The van der Waals surface area contributed by atoms with E-state index < -0.39 is 5.97 Å². The summed E-state index contributed by atoms with van der Waals surface area (Å²) < 4.78 is 5.37. The summed E-state index contributed by atoms with van der Waals surface area (Å²) in [5.41, 5.74) is 0.181. The Morgan fingerprint density at radius 1 is 1.27 bits per heavy atom. The molecule has 0 spiro atoms. The predicted molar refractivity (Wildman–Crippen MR) is 83.5 cm³/mol. The summed E-state index contributed by atoms with van der Waals surface area (Å²) >= 11 is 0. The van der Waals surface area contributed by atoms with Gasteiger partial charge in [-0.05, 0) is 37.0 Å². The zero-order valence-corrected chi connectivity index (χ0v) is 14.2. The van der Waals surface area contributed by atoms with Gasteiger partial charge in [0.25, 0.3) is 0 Å². The lowest BCUT2D eigenvalue weighted by Gasteiger charge is -2.40. The molecule has 5 heteroatoms. The first-order valence-electron chi connectivity index (χ1n) is 8.27. The summed E-state index contributed by atoms with van der Waals surface area (Å²) in [6.45, 7) is 7.18. The summed E-state index contributed by atoms with van der Waals surface area (Å²) in [6, 6.07) is -0.227. The van der Waals surface area contributed by atoms with E-state index in [1.807, 2.05) is 0 Å². The maximum Gasteiger partial charge on any atom is 0.305 e. The molecule has 0 aromatic carbocycles. The number of carboxylic acid groups (broad SMARTS) is 1.